The number of rotatable bonds is 1. The number of nitrogens with one attached hydrogen (secondary N) is 1. The molecule has 0 bridgehead atoms. The van der Waals surface area contributed by atoms with Gasteiger partial charge in [0.2, 0.25) is 5.91 Å². The number of fused-ring (bicyclic) bond motifs is 3. The van der Waals surface area contributed by atoms with Crippen LogP contribution in [0.25, 0.3) is 21.9 Å². The highest BCUT2D eigenvalue weighted by molar-refractivity contribution is 9.10. The van der Waals surface area contributed by atoms with Crippen molar-refractivity contribution in [3.8, 4) is 0 Å². The van der Waals surface area contributed by atoms with Crippen molar-refractivity contribution in [1.29, 1.82) is 0 Å². The van der Waals surface area contributed by atoms with E-state index in [1.165, 1.54) is 6.92 Å². The molecule has 3 aromatic rings. The number of hydrogen-bond acceptors (Lipinski definition) is 2. The number of hydrogen-bond donors (Lipinski definition) is 1. The largest absolute Gasteiger partial charge is 0.456 e. The fourth-order valence-corrected chi connectivity index (χ4v) is 2.39. The summed E-state index contributed by atoms with van der Waals surface area (Å²) in [5.74, 6) is -0.0896. The molecule has 1 N–H and O–H groups in total. The molecule has 0 saturated carbocycles. The number of carbonyl (C=O) groups excluding carboxylic acids is 1. The van der Waals surface area contributed by atoms with Crippen LogP contribution in [0, 0.1) is 0 Å². The quantitative estimate of drug-likeness (QED) is 0.728. The summed E-state index contributed by atoms with van der Waals surface area (Å²) in [5.41, 5.74) is 2.36. The first kappa shape index (κ1) is 11.3. The van der Waals surface area contributed by atoms with Gasteiger partial charge in [0.05, 0.1) is 0 Å². The summed E-state index contributed by atoms with van der Waals surface area (Å²) in [6.07, 6.45) is 0. The number of furan rings is 1. The van der Waals surface area contributed by atoms with Crippen LogP contribution in [0.5, 0.6) is 0 Å². The second kappa shape index (κ2) is 4.14. The zero-order chi connectivity index (χ0) is 12.7. The van der Waals surface area contributed by atoms with Crippen molar-refractivity contribution in [3.05, 3.63) is 40.9 Å². The van der Waals surface area contributed by atoms with Gasteiger partial charge in [-0.25, -0.2) is 0 Å². The van der Waals surface area contributed by atoms with Gasteiger partial charge in [0.1, 0.15) is 11.2 Å². The molecule has 18 heavy (non-hydrogen) atoms. The highest BCUT2D eigenvalue weighted by atomic mass is 79.9. The molecular weight excluding hydrogens is 294 g/mol. The molecule has 0 fully saturated rings. The Morgan fingerprint density at radius 1 is 1.11 bits per heavy atom. The lowest BCUT2D eigenvalue weighted by Crippen LogP contribution is -2.05. The zero-order valence-electron chi connectivity index (χ0n) is 9.66. The Bertz CT molecular complexity index is 761. The Labute approximate surface area is 112 Å². The van der Waals surface area contributed by atoms with Gasteiger partial charge in [0.15, 0.2) is 0 Å². The summed E-state index contributed by atoms with van der Waals surface area (Å²) in [6.45, 7) is 1.49. The SMILES string of the molecule is CC(=O)Nc1ccc2c(c1)oc1ccc(Br)cc12. The average molecular weight is 304 g/mol. The summed E-state index contributed by atoms with van der Waals surface area (Å²) >= 11 is 3.45. The Morgan fingerprint density at radius 3 is 2.72 bits per heavy atom. The zero-order valence-corrected chi connectivity index (χ0v) is 11.2. The van der Waals surface area contributed by atoms with E-state index in [-0.39, 0.29) is 5.91 Å². The lowest BCUT2D eigenvalue weighted by Gasteiger charge is -2.00. The third kappa shape index (κ3) is 1.88. The van der Waals surface area contributed by atoms with Gasteiger partial charge >= 0.3 is 0 Å². The van der Waals surface area contributed by atoms with Crippen LogP contribution in [0.4, 0.5) is 5.69 Å². The number of anilines is 1. The Morgan fingerprint density at radius 2 is 1.94 bits per heavy atom. The van der Waals surface area contributed by atoms with E-state index in [9.17, 15) is 4.79 Å². The maximum atomic E-state index is 11.0. The van der Waals surface area contributed by atoms with Gasteiger partial charge < -0.3 is 9.73 Å². The van der Waals surface area contributed by atoms with Crippen molar-refractivity contribution < 1.29 is 9.21 Å². The lowest BCUT2D eigenvalue weighted by molar-refractivity contribution is -0.114. The Kier molecular flexibility index (Phi) is 2.59. The summed E-state index contributed by atoms with van der Waals surface area (Å²) < 4.78 is 6.77. The number of amides is 1. The van der Waals surface area contributed by atoms with Crippen molar-refractivity contribution in [2.75, 3.05) is 5.32 Å². The third-order valence-electron chi connectivity index (χ3n) is 2.75. The fraction of sp³-hybridized carbons (Fsp3) is 0.0714. The molecule has 0 saturated heterocycles. The van der Waals surface area contributed by atoms with E-state index in [0.717, 1.165) is 32.1 Å². The van der Waals surface area contributed by atoms with Crippen molar-refractivity contribution >= 4 is 49.5 Å². The van der Waals surface area contributed by atoms with Gasteiger partial charge in [-0.1, -0.05) is 15.9 Å². The van der Waals surface area contributed by atoms with Crippen molar-refractivity contribution in [2.45, 2.75) is 6.92 Å². The highest BCUT2D eigenvalue weighted by Crippen LogP contribution is 2.32. The second-order valence-electron chi connectivity index (χ2n) is 4.13. The minimum atomic E-state index is -0.0896. The second-order valence-corrected chi connectivity index (χ2v) is 5.05. The first-order chi connectivity index (χ1) is 8.63. The predicted molar refractivity (Wildman–Crippen MR) is 75.7 cm³/mol. The van der Waals surface area contributed by atoms with Gasteiger partial charge in [-0.05, 0) is 30.3 Å². The van der Waals surface area contributed by atoms with Crippen LogP contribution in [0.3, 0.4) is 0 Å². The summed E-state index contributed by atoms with van der Waals surface area (Å²) in [6, 6.07) is 11.6. The molecule has 2 aromatic carbocycles. The van der Waals surface area contributed by atoms with Crippen LogP contribution in [-0.2, 0) is 4.79 Å². The van der Waals surface area contributed by atoms with Gasteiger partial charge in [-0.3, -0.25) is 4.79 Å². The molecule has 0 spiro atoms. The van der Waals surface area contributed by atoms with Crippen LogP contribution < -0.4 is 5.32 Å². The Hall–Kier alpha value is -1.81. The standard InChI is InChI=1S/C14H10BrNO2/c1-8(17)16-10-3-4-11-12-6-9(15)2-5-13(12)18-14(11)7-10/h2-7H,1H3,(H,16,17). The van der Waals surface area contributed by atoms with E-state index in [2.05, 4.69) is 21.2 Å². The van der Waals surface area contributed by atoms with Crippen LogP contribution in [-0.4, -0.2) is 5.91 Å². The van der Waals surface area contributed by atoms with E-state index in [4.69, 9.17) is 4.42 Å². The van der Waals surface area contributed by atoms with Gasteiger partial charge in [0.25, 0.3) is 0 Å². The van der Waals surface area contributed by atoms with Crippen LogP contribution in [0.15, 0.2) is 45.3 Å². The van der Waals surface area contributed by atoms with Gasteiger partial charge in [-0.15, -0.1) is 0 Å². The van der Waals surface area contributed by atoms with Crippen molar-refractivity contribution in [1.82, 2.24) is 0 Å². The first-order valence-corrected chi connectivity index (χ1v) is 6.32. The third-order valence-corrected chi connectivity index (χ3v) is 3.25. The molecule has 0 unspecified atom stereocenters. The molecule has 4 heteroatoms. The topological polar surface area (TPSA) is 42.2 Å². The van der Waals surface area contributed by atoms with Crippen molar-refractivity contribution in [2.24, 2.45) is 0 Å². The molecular formula is C14H10BrNO2. The molecule has 0 atom stereocenters. The van der Waals surface area contributed by atoms with E-state index in [0.29, 0.717) is 0 Å². The lowest BCUT2D eigenvalue weighted by atomic mass is 10.1. The van der Waals surface area contributed by atoms with Gasteiger partial charge in [0, 0.05) is 33.9 Å². The fourth-order valence-electron chi connectivity index (χ4n) is 2.03. The molecule has 0 aliphatic heterocycles. The van der Waals surface area contributed by atoms with Crippen LogP contribution >= 0.6 is 15.9 Å². The Balaban J connectivity index is 2.23. The predicted octanol–water partition coefficient (Wildman–Crippen LogP) is 4.31. The van der Waals surface area contributed by atoms with Crippen LogP contribution in [0.1, 0.15) is 6.92 Å². The molecule has 3 nitrogen and oxygen atoms in total. The number of halogens is 1. The smallest absolute Gasteiger partial charge is 0.221 e. The van der Waals surface area contributed by atoms with E-state index in [1.807, 2.05) is 36.4 Å². The summed E-state index contributed by atoms with van der Waals surface area (Å²) in [4.78, 5) is 11.0. The molecule has 1 amide bonds. The molecule has 90 valence electrons. The normalized spacial score (nSPS) is 11.0. The van der Waals surface area contributed by atoms with E-state index >= 15 is 0 Å². The van der Waals surface area contributed by atoms with Gasteiger partial charge in [-0.2, -0.15) is 0 Å². The summed E-state index contributed by atoms with van der Waals surface area (Å²) in [7, 11) is 0. The molecule has 1 heterocycles. The molecule has 0 radical (unpaired) electrons. The molecule has 1 aromatic heterocycles. The maximum absolute atomic E-state index is 11.0. The maximum Gasteiger partial charge on any atom is 0.221 e. The summed E-state index contributed by atoms with van der Waals surface area (Å²) in [5, 5.41) is 4.85. The van der Waals surface area contributed by atoms with E-state index < -0.39 is 0 Å². The van der Waals surface area contributed by atoms with Crippen molar-refractivity contribution in [3.63, 3.8) is 0 Å². The minimum Gasteiger partial charge on any atom is -0.456 e. The van der Waals surface area contributed by atoms with Crippen LogP contribution in [0.2, 0.25) is 0 Å². The molecule has 0 aliphatic rings. The minimum absolute atomic E-state index is 0.0896. The average Bonchev–Trinajstić information content (AvgIpc) is 2.65. The first-order valence-electron chi connectivity index (χ1n) is 5.53. The monoisotopic (exact) mass is 303 g/mol. The molecule has 0 aliphatic carbocycles. The number of benzene rings is 2. The molecule has 3 rings (SSSR count). The van der Waals surface area contributed by atoms with E-state index in [1.54, 1.807) is 0 Å². The number of carbonyl (C=O) groups is 1. The highest BCUT2D eigenvalue weighted by Gasteiger charge is 2.08.